The Balaban J connectivity index is 1.92. The summed E-state index contributed by atoms with van der Waals surface area (Å²) in [7, 11) is 1.26. The predicted molar refractivity (Wildman–Crippen MR) is 77.0 cm³/mol. The molecule has 140 valence electrons. The Labute approximate surface area is 149 Å². The molecule has 6 nitrogen and oxygen atoms in total. The molecule has 0 aromatic heterocycles. The van der Waals surface area contributed by atoms with Crippen LogP contribution in [0, 0.1) is 11.8 Å². The van der Waals surface area contributed by atoms with Crippen molar-refractivity contribution in [3.8, 4) is 0 Å². The molecule has 2 rings (SSSR count). The van der Waals surface area contributed by atoms with Gasteiger partial charge in [-0.15, -0.1) is 0 Å². The molecule has 2 saturated carbocycles. The fourth-order valence-electron chi connectivity index (χ4n) is 2.78. The van der Waals surface area contributed by atoms with Crippen molar-refractivity contribution in [2.24, 2.45) is 11.8 Å². The predicted octanol–water partition coefficient (Wildman–Crippen LogP) is 2.83. The van der Waals surface area contributed by atoms with Crippen LogP contribution in [0.5, 0.6) is 0 Å². The molecule has 4 unspecified atom stereocenters. The summed E-state index contributed by atoms with van der Waals surface area (Å²) in [5.41, 5.74) is 0. The second kappa shape index (κ2) is 7.11. The van der Waals surface area contributed by atoms with Crippen molar-refractivity contribution in [3.63, 3.8) is 0 Å². The quantitative estimate of drug-likeness (QED) is 0.415. The molecule has 0 saturated heterocycles. The molecule has 0 amide bonds. The summed E-state index contributed by atoms with van der Waals surface area (Å²) >= 11 is -3.64. The van der Waals surface area contributed by atoms with E-state index in [-0.39, 0.29) is 23.8 Å². The Morgan fingerprint density at radius 3 is 2.08 bits per heavy atom. The first-order valence-corrected chi connectivity index (χ1v) is 10.9. The van der Waals surface area contributed by atoms with Crippen molar-refractivity contribution < 1.29 is 54.0 Å². The molecule has 0 bridgehead atoms. The van der Waals surface area contributed by atoms with Crippen molar-refractivity contribution in [3.05, 3.63) is 25.3 Å². The van der Waals surface area contributed by atoms with Gasteiger partial charge in [0.05, 0.1) is 0 Å². The number of hydrogen-bond donors (Lipinski definition) is 0. The van der Waals surface area contributed by atoms with E-state index in [1.54, 1.807) is 12.2 Å². The number of ether oxygens (including phenoxy) is 2. The fraction of sp³-hybridized carbons (Fsp3) is 0.625. The topological polar surface area (TPSA) is 86.7 Å². The van der Waals surface area contributed by atoms with Gasteiger partial charge >= 0.3 is 150 Å². The number of carbonyl (C=O) groups excluding carboxylic acids is 2. The summed E-state index contributed by atoms with van der Waals surface area (Å²) in [6.07, 6.45) is 4.12. The van der Waals surface area contributed by atoms with Gasteiger partial charge in [0.1, 0.15) is 0 Å². The molecule has 2 aliphatic rings. The van der Waals surface area contributed by atoms with Crippen LogP contribution in [0.2, 0.25) is 19.9 Å². The number of allylic oxidation sites excluding steroid dienone is 2. The molecule has 0 aliphatic heterocycles. The zero-order valence-electron chi connectivity index (χ0n) is 13.7. The third-order valence-corrected chi connectivity index (χ3v) is 9.11. The molecule has 8 heteroatoms. The zero-order chi connectivity index (χ0) is 18.1. The zero-order valence-corrected chi connectivity index (χ0v) is 15.8. The van der Waals surface area contributed by atoms with E-state index < -0.39 is 47.8 Å². The average Bonchev–Trinajstić information content (AvgIpc) is 3.45. The van der Waals surface area contributed by atoms with Crippen LogP contribution in [-0.4, -0.2) is 25.7 Å². The van der Waals surface area contributed by atoms with E-state index in [0.717, 1.165) is 0 Å². The van der Waals surface area contributed by atoms with Crippen LogP contribution in [-0.2, 0) is 54.0 Å². The van der Waals surface area contributed by atoms with Crippen LogP contribution in [0.1, 0.15) is 12.8 Å². The molecular formula is C16H22Co2O6. The Morgan fingerprint density at radius 1 is 1.12 bits per heavy atom. The van der Waals surface area contributed by atoms with E-state index in [1.807, 2.05) is 0 Å². The fourth-order valence-corrected chi connectivity index (χ4v) is 6.47. The van der Waals surface area contributed by atoms with Gasteiger partial charge in [0, 0.05) is 0 Å². The van der Waals surface area contributed by atoms with Crippen LogP contribution >= 0.6 is 0 Å². The van der Waals surface area contributed by atoms with Gasteiger partial charge < -0.3 is 0 Å². The Hall–Kier alpha value is -0.967. The third kappa shape index (κ3) is 3.00. The van der Waals surface area contributed by atoms with Gasteiger partial charge in [-0.05, 0) is 0 Å². The summed E-state index contributed by atoms with van der Waals surface area (Å²) in [6.45, 7) is 7.19. The number of esters is 2. The molecule has 4 atom stereocenters. The Morgan fingerprint density at radius 2 is 1.67 bits per heavy atom. The monoisotopic (exact) mass is 428 g/mol. The average molecular weight is 428 g/mol. The van der Waals surface area contributed by atoms with E-state index in [1.165, 1.54) is 13.0 Å². The van der Waals surface area contributed by atoms with E-state index in [4.69, 9.17) is 9.47 Å². The third-order valence-electron chi connectivity index (χ3n) is 4.46. The van der Waals surface area contributed by atoms with Gasteiger partial charge in [-0.1, -0.05) is 0 Å². The van der Waals surface area contributed by atoms with Gasteiger partial charge in [-0.3, -0.25) is 0 Å². The van der Waals surface area contributed by atoms with E-state index >= 15 is 0 Å². The summed E-state index contributed by atoms with van der Waals surface area (Å²) < 4.78 is 32.4. The van der Waals surface area contributed by atoms with Crippen LogP contribution in [0.4, 0.5) is 0 Å². The molecule has 0 aromatic carbocycles. The van der Waals surface area contributed by atoms with Crippen molar-refractivity contribution in [1.29, 1.82) is 0 Å². The number of rotatable bonds is 9. The molecule has 0 heterocycles. The molecule has 2 aliphatic carbocycles. The second-order valence-electron chi connectivity index (χ2n) is 5.69. The molecule has 24 heavy (non-hydrogen) atoms. The molecule has 2 fully saturated rings. The normalized spacial score (nSPS) is 34.6. The molecule has 0 aromatic rings. The van der Waals surface area contributed by atoms with E-state index in [0.29, 0.717) is 12.8 Å². The van der Waals surface area contributed by atoms with Crippen LogP contribution in [0.3, 0.4) is 0 Å². The van der Waals surface area contributed by atoms with Gasteiger partial charge in [-0.25, -0.2) is 0 Å². The number of hydrogen-bond acceptors (Lipinski definition) is 6. The number of methoxy groups -OCH3 is 1. The van der Waals surface area contributed by atoms with Gasteiger partial charge in [0.2, 0.25) is 0 Å². The van der Waals surface area contributed by atoms with Gasteiger partial charge in [0.25, 0.3) is 0 Å². The minimum absolute atomic E-state index is 0.0628. The molecular weight excluding hydrogens is 406 g/mol. The maximum atomic E-state index is 12.5. The summed E-state index contributed by atoms with van der Waals surface area (Å²) in [5, 5.41) is 0.0628. The van der Waals surface area contributed by atoms with Crippen LogP contribution in [0.25, 0.3) is 0 Å². The van der Waals surface area contributed by atoms with Crippen LogP contribution in [0.15, 0.2) is 25.3 Å². The minimum atomic E-state index is -1.92. The summed E-state index contributed by atoms with van der Waals surface area (Å²) in [6, 6.07) is 0. The summed E-state index contributed by atoms with van der Waals surface area (Å²) in [4.78, 5) is 24.2. The molecule has 0 spiro atoms. The standard InChI is InChI=1S/C8H10O2.C7H9O2.CH3.2Co.2O/c1-3-6-5-7(6)8(9)10-4-2;1-3-5-4-6(5)7(8)9-2;;;;;/h3,6H,1-2,4-5H2;3,5H,1,4H2,2H3;1H3;;;;. The van der Waals surface area contributed by atoms with Crippen molar-refractivity contribution in [1.82, 2.24) is 0 Å². The van der Waals surface area contributed by atoms with Crippen molar-refractivity contribution >= 4 is 11.9 Å². The first-order valence-electron chi connectivity index (χ1n) is 7.27. The van der Waals surface area contributed by atoms with E-state index in [9.17, 15) is 17.3 Å². The first kappa shape index (κ1) is 19.4. The van der Waals surface area contributed by atoms with E-state index in [2.05, 4.69) is 13.2 Å². The maximum absolute atomic E-state index is 12.5. The first-order chi connectivity index (χ1) is 11.3. The van der Waals surface area contributed by atoms with Crippen molar-refractivity contribution in [2.45, 2.75) is 32.8 Å². The summed E-state index contributed by atoms with van der Waals surface area (Å²) in [5.74, 6) is 0.138. The number of carbonyl (C=O) groups is 2. The van der Waals surface area contributed by atoms with Gasteiger partial charge in [-0.2, -0.15) is 0 Å². The Kier molecular flexibility index (Phi) is 5.73. The Bertz CT molecular complexity index is 630. The second-order valence-corrected chi connectivity index (χ2v) is 10.1. The van der Waals surface area contributed by atoms with Gasteiger partial charge in [0.15, 0.2) is 0 Å². The molecule has 0 N–H and O–H groups in total. The molecule has 0 radical (unpaired) electrons. The van der Waals surface area contributed by atoms with Crippen molar-refractivity contribution in [2.75, 3.05) is 13.7 Å². The SMILES string of the molecule is C=CC1C[C]1(C(=O)OC[CH2][Co](=[O])[C]1(C(=O)OC)CC1C=C)[Co]([CH3])=[O]. The van der Waals surface area contributed by atoms with Crippen LogP contribution < -0.4 is 0 Å².